The lowest BCUT2D eigenvalue weighted by atomic mass is 9.82. The van der Waals surface area contributed by atoms with Crippen molar-refractivity contribution >= 4 is 43.6 Å². The van der Waals surface area contributed by atoms with E-state index in [1.807, 2.05) is 66.7 Å². The van der Waals surface area contributed by atoms with E-state index in [-0.39, 0.29) is 33.9 Å². The van der Waals surface area contributed by atoms with E-state index in [0.29, 0.717) is 22.3 Å². The van der Waals surface area contributed by atoms with Crippen molar-refractivity contribution in [2.45, 2.75) is 19.3 Å². The van der Waals surface area contributed by atoms with Crippen molar-refractivity contribution in [3.63, 3.8) is 0 Å². The number of hydrogen-bond acceptors (Lipinski definition) is 0. The van der Waals surface area contributed by atoms with Gasteiger partial charge in [0.2, 0.25) is 0 Å². The summed E-state index contributed by atoms with van der Waals surface area (Å²) in [5, 5.41) is 1.74. The molecule has 0 aliphatic heterocycles. The summed E-state index contributed by atoms with van der Waals surface area (Å²) in [6.45, 7) is 4.25. The fourth-order valence-corrected chi connectivity index (χ4v) is 9.11. The Balaban J connectivity index is 1.11. The van der Waals surface area contributed by atoms with Gasteiger partial charge in [0.05, 0.1) is 28.9 Å². The molecule has 0 saturated heterocycles. The van der Waals surface area contributed by atoms with Gasteiger partial charge in [0, 0.05) is 38.3 Å². The van der Waals surface area contributed by atoms with Crippen LogP contribution in [0.15, 0.2) is 158 Å². The fourth-order valence-electron chi connectivity index (χ4n) is 9.11. The van der Waals surface area contributed by atoms with E-state index < -0.39 is 46.8 Å². The molecule has 1 aliphatic rings. The van der Waals surface area contributed by atoms with Crippen molar-refractivity contribution in [2.24, 2.45) is 0 Å². The molecule has 0 unspecified atom stereocenters. The molecule has 0 amide bonds. The van der Waals surface area contributed by atoms with Crippen LogP contribution in [0, 0.1) is 23.3 Å². The third kappa shape index (κ3) is 4.64. The molecule has 57 heavy (non-hydrogen) atoms. The summed E-state index contributed by atoms with van der Waals surface area (Å²) < 4.78 is 107. The molecule has 10 aromatic rings. The maximum Gasteiger partial charge on any atom is 0.199 e. The normalized spacial score (nSPS) is 14.5. The molecule has 0 bridgehead atoms. The van der Waals surface area contributed by atoms with Crippen LogP contribution >= 0.6 is 0 Å². The SMILES string of the molecule is [2H]c1c([2H])c([2H])c(-c2cccc3c2-c2cc(-n4c5ccccc5c5cc(-c6ccc7c(c6)c6c(F)c(F)c(F)c(F)c6n7-c6ccccc6)ccc54)ccc2C3(C)C)c([2H])c1[2H]. The van der Waals surface area contributed by atoms with E-state index in [2.05, 4.69) is 36.6 Å². The first kappa shape index (κ1) is 28.5. The minimum atomic E-state index is -1.87. The van der Waals surface area contributed by atoms with Gasteiger partial charge in [-0.1, -0.05) is 117 Å². The maximum atomic E-state index is 15.7. The molecule has 0 saturated carbocycles. The van der Waals surface area contributed by atoms with Crippen molar-refractivity contribution < 1.29 is 24.4 Å². The molecule has 274 valence electrons. The van der Waals surface area contributed by atoms with Crippen molar-refractivity contribution in [1.29, 1.82) is 0 Å². The second-order valence-electron chi connectivity index (χ2n) is 15.0. The number of halogens is 4. The van der Waals surface area contributed by atoms with E-state index >= 15 is 8.78 Å². The van der Waals surface area contributed by atoms with Crippen molar-refractivity contribution in [2.75, 3.05) is 0 Å². The summed E-state index contributed by atoms with van der Waals surface area (Å²) in [6.07, 6.45) is 0. The zero-order valence-electron chi connectivity index (χ0n) is 35.5. The van der Waals surface area contributed by atoms with Crippen LogP contribution in [0.3, 0.4) is 0 Å². The zero-order valence-corrected chi connectivity index (χ0v) is 30.5. The first-order valence-corrected chi connectivity index (χ1v) is 18.5. The minimum absolute atomic E-state index is 0.152. The Morgan fingerprint density at radius 2 is 1.14 bits per heavy atom. The van der Waals surface area contributed by atoms with E-state index in [1.165, 1.54) is 4.57 Å². The molecule has 0 fully saturated rings. The molecule has 6 heteroatoms. The average Bonchev–Trinajstić information content (AvgIpc) is 3.89. The largest absolute Gasteiger partial charge is 0.309 e. The highest BCUT2D eigenvalue weighted by atomic mass is 19.2. The van der Waals surface area contributed by atoms with Crippen LogP contribution in [-0.2, 0) is 5.41 Å². The minimum Gasteiger partial charge on any atom is -0.309 e. The van der Waals surface area contributed by atoms with Gasteiger partial charge in [-0.15, -0.1) is 0 Å². The smallest absolute Gasteiger partial charge is 0.199 e. The summed E-state index contributed by atoms with van der Waals surface area (Å²) in [6, 6.07) is 38.1. The van der Waals surface area contributed by atoms with Gasteiger partial charge in [0.25, 0.3) is 0 Å². The Kier molecular flexibility index (Phi) is 6.02. The Bertz CT molecular complexity index is 3580. The van der Waals surface area contributed by atoms with E-state index in [9.17, 15) is 8.78 Å². The molecule has 2 heterocycles. The van der Waals surface area contributed by atoms with Crippen LogP contribution < -0.4 is 0 Å². The van der Waals surface area contributed by atoms with Crippen molar-refractivity contribution in [3.8, 4) is 44.8 Å². The summed E-state index contributed by atoms with van der Waals surface area (Å²) >= 11 is 0. The summed E-state index contributed by atoms with van der Waals surface area (Å²) in [4.78, 5) is 0. The highest BCUT2D eigenvalue weighted by Gasteiger charge is 2.37. The van der Waals surface area contributed by atoms with Gasteiger partial charge in [0.1, 0.15) is 0 Å². The van der Waals surface area contributed by atoms with Crippen LogP contribution in [0.25, 0.3) is 88.4 Å². The highest BCUT2D eigenvalue weighted by molar-refractivity contribution is 6.13. The van der Waals surface area contributed by atoms with E-state index in [1.54, 1.807) is 42.5 Å². The number of nitrogens with zero attached hydrogens (tertiary/aromatic N) is 2. The predicted molar refractivity (Wildman–Crippen MR) is 223 cm³/mol. The molecule has 2 nitrogen and oxygen atoms in total. The predicted octanol–water partition coefficient (Wildman–Crippen LogP) is 14.1. The van der Waals surface area contributed by atoms with Gasteiger partial charge in [-0.3, -0.25) is 0 Å². The van der Waals surface area contributed by atoms with E-state index in [0.717, 1.165) is 55.3 Å². The van der Waals surface area contributed by atoms with Crippen LogP contribution in [0.2, 0.25) is 0 Å². The van der Waals surface area contributed by atoms with Crippen LogP contribution in [0.1, 0.15) is 31.8 Å². The fraction of sp³-hybridized carbons (Fsp3) is 0.0588. The lowest BCUT2D eigenvalue weighted by Crippen LogP contribution is -2.15. The lowest BCUT2D eigenvalue weighted by molar-refractivity contribution is 0.417. The molecule has 11 rings (SSSR count). The Labute approximate surface area is 332 Å². The third-order valence-corrected chi connectivity index (χ3v) is 11.7. The molecule has 0 radical (unpaired) electrons. The van der Waals surface area contributed by atoms with Gasteiger partial charge in [-0.2, -0.15) is 0 Å². The highest BCUT2D eigenvalue weighted by Crippen LogP contribution is 2.53. The first-order valence-electron chi connectivity index (χ1n) is 21.0. The first-order chi connectivity index (χ1) is 29.8. The molecule has 0 N–H and O–H groups in total. The third-order valence-electron chi connectivity index (χ3n) is 11.7. The van der Waals surface area contributed by atoms with Gasteiger partial charge in [0.15, 0.2) is 23.3 Å². The summed E-state index contributed by atoms with van der Waals surface area (Å²) in [7, 11) is 0. The maximum absolute atomic E-state index is 15.7. The number of rotatable bonds is 4. The number of para-hydroxylation sites is 2. The van der Waals surface area contributed by atoms with Crippen LogP contribution in [0.5, 0.6) is 0 Å². The standard InChI is InChI=1S/C51H32F4N2/c1-51(2)39-23-22-33(28-37(39)44-34(17-11-18-40(44)51)29-12-5-3-6-13-29)56-41-19-10-9-16-35(41)36-26-30(20-24-42(36)56)31-21-25-43-38(27-31)45-46(52)47(53)48(54)49(55)50(45)57(43)32-14-7-4-8-15-32/h3-28H,1-2H3/i3D,5D,6D,12D,13D. The topological polar surface area (TPSA) is 9.86 Å². The van der Waals surface area contributed by atoms with Gasteiger partial charge in [-0.05, 0) is 99.1 Å². The summed E-state index contributed by atoms with van der Waals surface area (Å²) in [5.74, 6) is -6.68. The van der Waals surface area contributed by atoms with Crippen molar-refractivity contribution in [1.82, 2.24) is 9.13 Å². The van der Waals surface area contributed by atoms with Crippen LogP contribution in [-0.4, -0.2) is 9.13 Å². The molecular formula is C51H32F4N2. The molecule has 0 atom stereocenters. The second-order valence-corrected chi connectivity index (χ2v) is 15.0. The Morgan fingerprint density at radius 3 is 1.91 bits per heavy atom. The molecule has 1 aliphatic carbocycles. The Morgan fingerprint density at radius 1 is 0.474 bits per heavy atom. The number of benzene rings is 8. The molecule has 8 aromatic carbocycles. The number of fused-ring (bicyclic) bond motifs is 9. The van der Waals surface area contributed by atoms with Gasteiger partial charge in [-0.25, -0.2) is 17.6 Å². The number of hydrogen-bond donors (Lipinski definition) is 0. The zero-order chi connectivity index (χ0) is 43.1. The molecular weight excluding hydrogens is 717 g/mol. The molecule has 0 spiro atoms. The van der Waals surface area contributed by atoms with Gasteiger partial charge >= 0.3 is 0 Å². The summed E-state index contributed by atoms with van der Waals surface area (Å²) in [5.41, 5.74) is 8.54. The average molecular weight is 754 g/mol. The number of aromatic nitrogens is 2. The quantitative estimate of drug-likeness (QED) is 0.0962. The lowest BCUT2D eigenvalue weighted by Gasteiger charge is -2.22. The molecule has 2 aromatic heterocycles. The van der Waals surface area contributed by atoms with Crippen molar-refractivity contribution in [3.05, 3.63) is 192 Å². The van der Waals surface area contributed by atoms with Gasteiger partial charge < -0.3 is 9.13 Å². The monoisotopic (exact) mass is 753 g/mol. The van der Waals surface area contributed by atoms with Crippen LogP contribution in [0.4, 0.5) is 17.6 Å². The second kappa shape index (κ2) is 12.0. The Hall–Kier alpha value is -6.92. The van der Waals surface area contributed by atoms with E-state index in [4.69, 9.17) is 6.85 Å².